The highest BCUT2D eigenvalue weighted by Crippen LogP contribution is 2.31. The van der Waals surface area contributed by atoms with E-state index in [2.05, 4.69) is 29.4 Å². The lowest BCUT2D eigenvalue weighted by molar-refractivity contribution is -0.129. The van der Waals surface area contributed by atoms with Crippen molar-refractivity contribution in [2.24, 2.45) is 17.8 Å². The van der Waals surface area contributed by atoms with Crippen molar-refractivity contribution in [3.63, 3.8) is 0 Å². The number of hydrogen-bond acceptors (Lipinski definition) is 3. The summed E-state index contributed by atoms with van der Waals surface area (Å²) in [5.74, 6) is 0.658. The summed E-state index contributed by atoms with van der Waals surface area (Å²) < 4.78 is 0. The lowest BCUT2D eigenvalue weighted by atomic mass is 9.84. The van der Waals surface area contributed by atoms with Crippen molar-refractivity contribution in [3.05, 3.63) is 28.3 Å². The van der Waals surface area contributed by atoms with E-state index in [4.69, 9.17) is 11.6 Å². The quantitative estimate of drug-likeness (QED) is 0.801. The monoisotopic (exact) mass is 405 g/mol. The minimum Gasteiger partial charge on any atom is -0.371 e. The summed E-state index contributed by atoms with van der Waals surface area (Å²) in [5.41, 5.74) is 2.59. The van der Waals surface area contributed by atoms with Crippen LogP contribution in [0.25, 0.3) is 0 Å². The number of halogens is 1. The second-order valence-corrected chi connectivity index (χ2v) is 9.14. The van der Waals surface area contributed by atoms with Gasteiger partial charge in [-0.15, -0.1) is 0 Å². The molecule has 2 fully saturated rings. The lowest BCUT2D eigenvalue weighted by Crippen LogP contribution is -2.50. The van der Waals surface area contributed by atoms with E-state index in [1.54, 1.807) is 6.07 Å². The van der Waals surface area contributed by atoms with E-state index in [1.807, 2.05) is 19.9 Å². The summed E-state index contributed by atoms with van der Waals surface area (Å²) >= 11 is 6.35. The van der Waals surface area contributed by atoms with E-state index < -0.39 is 0 Å². The normalized spacial score (nSPS) is 26.1. The van der Waals surface area contributed by atoms with E-state index in [9.17, 15) is 9.59 Å². The van der Waals surface area contributed by atoms with Crippen LogP contribution in [0.4, 0.5) is 5.69 Å². The Morgan fingerprint density at radius 3 is 2.57 bits per heavy atom. The summed E-state index contributed by atoms with van der Waals surface area (Å²) in [4.78, 5) is 27.5. The average molecular weight is 406 g/mol. The van der Waals surface area contributed by atoms with Gasteiger partial charge in [-0.1, -0.05) is 25.4 Å². The van der Waals surface area contributed by atoms with E-state index in [0.717, 1.165) is 49.5 Å². The van der Waals surface area contributed by atoms with Crippen LogP contribution >= 0.6 is 11.6 Å². The molecule has 0 aliphatic carbocycles. The third-order valence-electron chi connectivity index (χ3n) is 6.33. The third-order valence-corrected chi connectivity index (χ3v) is 6.55. The second kappa shape index (κ2) is 8.73. The van der Waals surface area contributed by atoms with Crippen molar-refractivity contribution in [3.8, 4) is 0 Å². The number of nitrogens with zero attached hydrogens (tertiary/aromatic N) is 1. The topological polar surface area (TPSA) is 61.4 Å². The maximum Gasteiger partial charge on any atom is 0.251 e. The Morgan fingerprint density at radius 1 is 1.25 bits per heavy atom. The molecule has 28 heavy (non-hydrogen) atoms. The molecule has 1 aromatic rings. The van der Waals surface area contributed by atoms with E-state index in [1.165, 1.54) is 0 Å². The van der Waals surface area contributed by atoms with Crippen molar-refractivity contribution in [1.29, 1.82) is 0 Å². The van der Waals surface area contributed by atoms with Crippen LogP contribution in [0.5, 0.6) is 0 Å². The number of nitrogens with one attached hydrogen (secondary N) is 2. The predicted molar refractivity (Wildman–Crippen MR) is 114 cm³/mol. The van der Waals surface area contributed by atoms with Crippen LogP contribution in [0.2, 0.25) is 5.02 Å². The van der Waals surface area contributed by atoms with Gasteiger partial charge >= 0.3 is 0 Å². The predicted octanol–water partition coefficient (Wildman–Crippen LogP) is 3.78. The van der Waals surface area contributed by atoms with E-state index in [0.29, 0.717) is 17.1 Å². The molecule has 0 radical (unpaired) electrons. The Hall–Kier alpha value is -1.75. The summed E-state index contributed by atoms with van der Waals surface area (Å²) in [6.45, 7) is 10.7. The number of rotatable bonds is 4. The number of benzene rings is 1. The highest BCUT2D eigenvalue weighted by Gasteiger charge is 2.32. The molecule has 2 aliphatic heterocycles. The molecule has 0 spiro atoms. The molecular weight excluding hydrogens is 374 g/mol. The van der Waals surface area contributed by atoms with Crippen molar-refractivity contribution >= 4 is 29.1 Å². The van der Waals surface area contributed by atoms with Gasteiger partial charge in [-0.2, -0.15) is 0 Å². The zero-order chi connectivity index (χ0) is 20.4. The molecule has 3 unspecified atom stereocenters. The Morgan fingerprint density at radius 2 is 1.93 bits per heavy atom. The first kappa shape index (κ1) is 21.0. The minimum absolute atomic E-state index is 0.0255. The first-order valence-corrected chi connectivity index (χ1v) is 10.8. The summed E-state index contributed by atoms with van der Waals surface area (Å²) in [7, 11) is 0. The van der Waals surface area contributed by atoms with Crippen molar-refractivity contribution in [2.75, 3.05) is 24.5 Å². The van der Waals surface area contributed by atoms with Gasteiger partial charge in [-0.3, -0.25) is 9.59 Å². The van der Waals surface area contributed by atoms with Gasteiger partial charge in [0.2, 0.25) is 5.91 Å². The number of carbonyl (C=O) groups is 2. The SMILES string of the molecule is Cc1c(C(=O)NCC2C(=O)NC(C)CC2C)cc(Cl)cc1N1CCC(C)CC1. The molecule has 154 valence electrons. The molecule has 2 heterocycles. The van der Waals surface area contributed by atoms with Crippen LogP contribution in [0, 0.1) is 24.7 Å². The number of piperidine rings is 2. The molecule has 2 N–H and O–H groups in total. The van der Waals surface area contributed by atoms with Gasteiger partial charge in [-0.05, 0) is 62.6 Å². The molecule has 1 aromatic carbocycles. The van der Waals surface area contributed by atoms with Crippen molar-refractivity contribution in [1.82, 2.24) is 10.6 Å². The van der Waals surface area contributed by atoms with Crippen LogP contribution in [-0.4, -0.2) is 37.5 Å². The van der Waals surface area contributed by atoms with Crippen LogP contribution in [0.15, 0.2) is 12.1 Å². The summed E-state index contributed by atoms with van der Waals surface area (Å²) in [6, 6.07) is 3.88. The van der Waals surface area contributed by atoms with Crippen LogP contribution in [0.3, 0.4) is 0 Å². The Labute approximate surface area is 173 Å². The molecule has 0 bridgehead atoms. The fourth-order valence-corrected chi connectivity index (χ4v) is 4.67. The fourth-order valence-electron chi connectivity index (χ4n) is 4.46. The maximum absolute atomic E-state index is 12.9. The fraction of sp³-hybridized carbons (Fsp3) is 0.636. The Kier molecular flexibility index (Phi) is 6.54. The first-order chi connectivity index (χ1) is 13.3. The third kappa shape index (κ3) is 4.62. The average Bonchev–Trinajstić information content (AvgIpc) is 2.63. The van der Waals surface area contributed by atoms with Crippen LogP contribution < -0.4 is 15.5 Å². The zero-order valence-electron chi connectivity index (χ0n) is 17.3. The van der Waals surface area contributed by atoms with Gasteiger partial charge in [0.1, 0.15) is 0 Å². The van der Waals surface area contributed by atoms with Gasteiger partial charge in [0.05, 0.1) is 5.92 Å². The lowest BCUT2D eigenvalue weighted by Gasteiger charge is -2.34. The molecule has 5 nitrogen and oxygen atoms in total. The molecule has 0 aromatic heterocycles. The van der Waals surface area contributed by atoms with Gasteiger partial charge in [0, 0.05) is 41.9 Å². The van der Waals surface area contributed by atoms with E-state index >= 15 is 0 Å². The maximum atomic E-state index is 12.9. The van der Waals surface area contributed by atoms with Gasteiger partial charge < -0.3 is 15.5 Å². The van der Waals surface area contributed by atoms with Gasteiger partial charge in [-0.25, -0.2) is 0 Å². The molecule has 6 heteroatoms. The molecule has 3 atom stereocenters. The van der Waals surface area contributed by atoms with Gasteiger partial charge in [0.25, 0.3) is 5.91 Å². The molecule has 0 saturated carbocycles. The van der Waals surface area contributed by atoms with Crippen LogP contribution in [0.1, 0.15) is 56.0 Å². The minimum atomic E-state index is -0.192. The second-order valence-electron chi connectivity index (χ2n) is 8.71. The van der Waals surface area contributed by atoms with Gasteiger partial charge in [0.15, 0.2) is 0 Å². The molecule has 2 saturated heterocycles. The largest absolute Gasteiger partial charge is 0.371 e. The summed E-state index contributed by atoms with van der Waals surface area (Å²) in [6.07, 6.45) is 3.24. The first-order valence-electron chi connectivity index (χ1n) is 10.4. The Balaban J connectivity index is 1.72. The van der Waals surface area contributed by atoms with E-state index in [-0.39, 0.29) is 29.7 Å². The molecule has 3 rings (SSSR count). The van der Waals surface area contributed by atoms with Crippen molar-refractivity contribution in [2.45, 2.75) is 53.0 Å². The Bertz CT molecular complexity index is 744. The number of hydrogen-bond donors (Lipinski definition) is 2. The molecular formula is C22H32ClN3O2. The molecule has 2 aliphatic rings. The number of carbonyl (C=O) groups excluding carboxylic acids is 2. The standard InChI is InChI=1S/C22H32ClN3O2/c1-13-5-7-26(8-6-13)20-11-17(23)10-18(16(20)4)21(27)24-12-19-14(2)9-15(3)25-22(19)28/h10-11,13-15,19H,5-9,12H2,1-4H3,(H,24,27)(H,25,28). The summed E-state index contributed by atoms with van der Waals surface area (Å²) in [5, 5.41) is 6.53. The number of amides is 2. The highest BCUT2D eigenvalue weighted by atomic mass is 35.5. The number of anilines is 1. The zero-order valence-corrected chi connectivity index (χ0v) is 18.1. The molecule has 2 amide bonds. The smallest absolute Gasteiger partial charge is 0.251 e. The van der Waals surface area contributed by atoms with Crippen LogP contribution in [-0.2, 0) is 4.79 Å². The van der Waals surface area contributed by atoms with Crippen molar-refractivity contribution < 1.29 is 9.59 Å². The highest BCUT2D eigenvalue weighted by molar-refractivity contribution is 6.31.